The van der Waals surface area contributed by atoms with Crippen LogP contribution in [0.5, 0.6) is 0 Å². The number of nitrogens with one attached hydrogen (secondary N) is 1. The van der Waals surface area contributed by atoms with Crippen molar-refractivity contribution < 1.29 is 4.79 Å². The van der Waals surface area contributed by atoms with Gasteiger partial charge >= 0.3 is 0 Å². The number of carbonyl (C=O) groups is 1. The van der Waals surface area contributed by atoms with Crippen LogP contribution in [-0.4, -0.2) is 42.5 Å². The van der Waals surface area contributed by atoms with Gasteiger partial charge in [-0.3, -0.25) is 4.79 Å². The summed E-state index contributed by atoms with van der Waals surface area (Å²) < 4.78 is 0. The van der Waals surface area contributed by atoms with E-state index in [4.69, 9.17) is 5.73 Å². The predicted molar refractivity (Wildman–Crippen MR) is 77.9 cm³/mol. The van der Waals surface area contributed by atoms with Gasteiger partial charge in [0.25, 0.3) is 0 Å². The highest BCUT2D eigenvalue weighted by Gasteiger charge is 2.39. The quantitative estimate of drug-likeness (QED) is 0.796. The normalized spacial score (nSPS) is 24.8. The molecule has 2 saturated carbocycles. The van der Waals surface area contributed by atoms with Crippen molar-refractivity contribution in [1.29, 1.82) is 0 Å². The fourth-order valence-corrected chi connectivity index (χ4v) is 3.45. The highest BCUT2D eigenvalue weighted by molar-refractivity contribution is 5.77. The number of hydrogen-bond acceptors (Lipinski definition) is 3. The molecule has 0 aromatic rings. The molecule has 0 radical (unpaired) electrons. The van der Waals surface area contributed by atoms with Gasteiger partial charge in [-0.05, 0) is 46.2 Å². The molecule has 4 heteroatoms. The van der Waals surface area contributed by atoms with Gasteiger partial charge in [0, 0.05) is 24.0 Å². The van der Waals surface area contributed by atoms with Crippen LogP contribution in [0.15, 0.2) is 0 Å². The van der Waals surface area contributed by atoms with Crippen LogP contribution in [-0.2, 0) is 4.79 Å². The number of hydrogen-bond donors (Lipinski definition) is 2. The lowest BCUT2D eigenvalue weighted by molar-refractivity contribution is -0.123. The average Bonchev–Trinajstić information content (AvgIpc) is 2.27. The summed E-state index contributed by atoms with van der Waals surface area (Å²) in [5.74, 6) is 0.137. The molecule has 0 atom stereocenters. The van der Waals surface area contributed by atoms with E-state index in [9.17, 15) is 4.79 Å². The lowest BCUT2D eigenvalue weighted by Gasteiger charge is -2.47. The molecule has 0 unspecified atom stereocenters. The van der Waals surface area contributed by atoms with Gasteiger partial charge in [-0.25, -0.2) is 0 Å². The van der Waals surface area contributed by atoms with Crippen molar-refractivity contribution in [3.05, 3.63) is 0 Å². The number of likely N-dealkylation sites (N-methyl/N-ethyl adjacent to an activating group) is 1. The van der Waals surface area contributed by atoms with Crippen molar-refractivity contribution >= 4 is 5.91 Å². The zero-order valence-electron chi connectivity index (χ0n) is 12.5. The first-order valence-corrected chi connectivity index (χ1v) is 7.69. The van der Waals surface area contributed by atoms with Gasteiger partial charge in [0.15, 0.2) is 0 Å². The van der Waals surface area contributed by atoms with Gasteiger partial charge in [-0.15, -0.1) is 0 Å². The van der Waals surface area contributed by atoms with Crippen molar-refractivity contribution in [2.45, 2.75) is 68.9 Å². The van der Waals surface area contributed by atoms with E-state index in [1.165, 1.54) is 38.5 Å². The zero-order chi connectivity index (χ0) is 13.9. The van der Waals surface area contributed by atoms with Crippen LogP contribution >= 0.6 is 0 Å². The second-order valence-electron chi connectivity index (χ2n) is 6.85. The van der Waals surface area contributed by atoms with Crippen LogP contribution in [0.4, 0.5) is 0 Å². The summed E-state index contributed by atoms with van der Waals surface area (Å²) in [7, 11) is 4.22. The Bertz CT molecular complexity index is 317. The van der Waals surface area contributed by atoms with Crippen molar-refractivity contribution in [3.8, 4) is 0 Å². The Balaban J connectivity index is 1.78. The highest BCUT2D eigenvalue weighted by Crippen LogP contribution is 2.35. The molecule has 19 heavy (non-hydrogen) atoms. The minimum atomic E-state index is -0.243. The van der Waals surface area contributed by atoms with Crippen molar-refractivity contribution in [3.63, 3.8) is 0 Å². The molecule has 0 aromatic carbocycles. The van der Waals surface area contributed by atoms with E-state index in [-0.39, 0.29) is 17.0 Å². The molecule has 3 N–H and O–H groups in total. The topological polar surface area (TPSA) is 58.4 Å². The molecule has 4 nitrogen and oxygen atoms in total. The standard InChI is InChI=1S/C15H29N3O/c1-18(2)15(9-6-10-15)12-17-13(19)11-14(16)7-4-3-5-8-14/h3-12,16H2,1-2H3,(H,17,19). The molecule has 2 fully saturated rings. The van der Waals surface area contributed by atoms with E-state index in [2.05, 4.69) is 24.3 Å². The van der Waals surface area contributed by atoms with E-state index in [0.717, 1.165) is 19.4 Å². The summed E-state index contributed by atoms with van der Waals surface area (Å²) in [6.07, 6.45) is 9.76. The molecular weight excluding hydrogens is 238 g/mol. The third-order valence-corrected chi connectivity index (χ3v) is 5.21. The summed E-state index contributed by atoms with van der Waals surface area (Å²) in [5, 5.41) is 3.12. The second-order valence-corrected chi connectivity index (χ2v) is 6.85. The Morgan fingerprint density at radius 3 is 2.21 bits per heavy atom. The summed E-state index contributed by atoms with van der Waals surface area (Å²) in [5.41, 5.74) is 6.29. The van der Waals surface area contributed by atoms with E-state index in [0.29, 0.717) is 6.42 Å². The Morgan fingerprint density at radius 2 is 1.74 bits per heavy atom. The largest absolute Gasteiger partial charge is 0.354 e. The molecule has 0 heterocycles. The molecule has 1 amide bonds. The van der Waals surface area contributed by atoms with Crippen LogP contribution < -0.4 is 11.1 Å². The van der Waals surface area contributed by atoms with Gasteiger partial charge in [-0.1, -0.05) is 19.3 Å². The third kappa shape index (κ3) is 3.48. The Kier molecular flexibility index (Phi) is 4.51. The maximum atomic E-state index is 12.1. The van der Waals surface area contributed by atoms with Gasteiger partial charge in [-0.2, -0.15) is 0 Å². The highest BCUT2D eigenvalue weighted by atomic mass is 16.1. The number of nitrogens with two attached hydrogens (primary N) is 1. The second kappa shape index (κ2) is 5.80. The molecular formula is C15H29N3O. The Labute approximate surface area is 117 Å². The summed E-state index contributed by atoms with van der Waals surface area (Å²) >= 11 is 0. The van der Waals surface area contributed by atoms with Gasteiger partial charge in [0.05, 0.1) is 0 Å². The SMILES string of the molecule is CN(C)C1(CNC(=O)CC2(N)CCCCC2)CCC1. The van der Waals surface area contributed by atoms with E-state index in [1.807, 2.05) is 0 Å². The smallest absolute Gasteiger partial charge is 0.221 e. The molecule has 0 spiro atoms. The molecule has 0 aromatic heterocycles. The molecule has 2 aliphatic carbocycles. The molecule has 110 valence electrons. The summed E-state index contributed by atoms with van der Waals surface area (Å²) in [4.78, 5) is 14.4. The molecule has 2 aliphatic rings. The maximum absolute atomic E-state index is 12.1. The number of nitrogens with zero attached hydrogens (tertiary/aromatic N) is 1. The third-order valence-electron chi connectivity index (χ3n) is 5.21. The fourth-order valence-electron chi connectivity index (χ4n) is 3.45. The van der Waals surface area contributed by atoms with Crippen molar-refractivity contribution in [2.24, 2.45) is 5.73 Å². The lowest BCUT2D eigenvalue weighted by Crippen LogP contribution is -2.58. The molecule has 0 saturated heterocycles. The van der Waals surface area contributed by atoms with Crippen LogP contribution in [0.25, 0.3) is 0 Å². The minimum Gasteiger partial charge on any atom is -0.354 e. The van der Waals surface area contributed by atoms with Gasteiger partial charge < -0.3 is 16.0 Å². The average molecular weight is 267 g/mol. The maximum Gasteiger partial charge on any atom is 0.221 e. The first-order valence-electron chi connectivity index (χ1n) is 7.69. The van der Waals surface area contributed by atoms with Gasteiger partial charge in [0.2, 0.25) is 5.91 Å². The Hall–Kier alpha value is -0.610. The Morgan fingerprint density at radius 1 is 1.11 bits per heavy atom. The van der Waals surface area contributed by atoms with Crippen molar-refractivity contribution in [2.75, 3.05) is 20.6 Å². The van der Waals surface area contributed by atoms with Crippen LogP contribution in [0.1, 0.15) is 57.8 Å². The molecule has 0 aliphatic heterocycles. The van der Waals surface area contributed by atoms with Crippen molar-refractivity contribution in [1.82, 2.24) is 10.2 Å². The number of rotatable bonds is 5. The van der Waals surface area contributed by atoms with Gasteiger partial charge in [0.1, 0.15) is 0 Å². The summed E-state index contributed by atoms with van der Waals surface area (Å²) in [6.45, 7) is 0.773. The first-order chi connectivity index (χ1) is 8.96. The number of carbonyl (C=O) groups excluding carboxylic acids is 1. The van der Waals surface area contributed by atoms with E-state index >= 15 is 0 Å². The summed E-state index contributed by atoms with van der Waals surface area (Å²) in [6, 6.07) is 0. The monoisotopic (exact) mass is 267 g/mol. The van der Waals surface area contributed by atoms with E-state index in [1.54, 1.807) is 0 Å². The fraction of sp³-hybridized carbons (Fsp3) is 0.933. The zero-order valence-corrected chi connectivity index (χ0v) is 12.5. The first kappa shape index (κ1) is 14.8. The lowest BCUT2D eigenvalue weighted by atomic mass is 9.75. The number of amides is 1. The minimum absolute atomic E-state index is 0.137. The van der Waals surface area contributed by atoms with Crippen LogP contribution in [0.2, 0.25) is 0 Å². The van der Waals surface area contributed by atoms with Crippen LogP contribution in [0.3, 0.4) is 0 Å². The molecule has 2 rings (SSSR count). The van der Waals surface area contributed by atoms with Crippen LogP contribution in [0, 0.1) is 0 Å². The molecule has 0 bridgehead atoms. The predicted octanol–water partition coefficient (Wildman–Crippen LogP) is 1.64. The van der Waals surface area contributed by atoms with E-state index < -0.39 is 0 Å².